The molecule has 0 N–H and O–H groups in total. The average molecular weight is 731 g/mol. The van der Waals surface area contributed by atoms with Crippen LogP contribution in [0.2, 0.25) is 36.3 Å². The van der Waals surface area contributed by atoms with Crippen LogP contribution < -0.4 is 24.8 Å². The molecule has 4 unspecified atom stereocenters. The molecule has 0 aromatic rings. The van der Waals surface area contributed by atoms with Crippen LogP contribution in [0.25, 0.3) is 0 Å². The number of rotatable bonds is 16. The minimum absolute atomic E-state index is 0. The van der Waals surface area contributed by atoms with Crippen molar-refractivity contribution in [2.45, 2.75) is 129 Å². The quantitative estimate of drug-likeness (QED) is 0.216. The summed E-state index contributed by atoms with van der Waals surface area (Å²) in [6.07, 6.45) is 25.0. The molecule has 0 aromatic heterocycles. The first-order valence-corrected chi connectivity index (χ1v) is 22.0. The molecule has 0 spiro atoms. The van der Waals surface area contributed by atoms with Gasteiger partial charge >= 0.3 is 26.2 Å². The Kier molecular flexibility index (Phi) is 18.3. The molecule has 42 heavy (non-hydrogen) atoms. The standard InChI is InChI=1S/C35H60O2Si2.2ClH.Zr/c1-7-38(8-2,9-3)36-27-25-35(26-28-37-39(10-4,11-5)12-6,33-23-21-29-17-13-15-19-31(29)33)34-24-22-30-18-14-16-20-32(30)34;;;/h13-16,19-20,29-30,33-34H,7-12,17-18,21-28H2,1-6H3;2*1H;/q;;;+2/p-2. The zero-order valence-electron chi connectivity index (χ0n) is 27.7. The topological polar surface area (TPSA) is 18.5 Å². The van der Waals surface area contributed by atoms with Gasteiger partial charge in [-0.1, -0.05) is 89.1 Å². The number of allylic oxidation sites excluding steroid dienone is 8. The zero-order chi connectivity index (χ0) is 27.9. The van der Waals surface area contributed by atoms with E-state index in [0.717, 1.165) is 25.0 Å². The van der Waals surface area contributed by atoms with Crippen LogP contribution in [0, 0.1) is 29.1 Å². The normalized spacial score (nSPS) is 25.0. The smallest absolute Gasteiger partial charge is 1.00 e. The van der Waals surface area contributed by atoms with E-state index in [1.165, 1.54) is 87.6 Å². The average Bonchev–Trinajstić information content (AvgIpc) is 3.63. The SMILES string of the molecule is CC[Si](CC)(CC)OCCC(CCO[Si](CC)(CC)CC)(C1CCC2CC=CC=C21)C1CCC2CC=CC=C21.[Cl-].[Cl-].[Zr+2]. The molecule has 0 radical (unpaired) electrons. The Hall–Kier alpha value is 0.777. The predicted molar refractivity (Wildman–Crippen MR) is 174 cm³/mol. The summed E-state index contributed by atoms with van der Waals surface area (Å²) in [4.78, 5) is 0. The van der Waals surface area contributed by atoms with Crippen LogP contribution in [0.3, 0.4) is 0 Å². The molecule has 2 fully saturated rings. The van der Waals surface area contributed by atoms with Crippen LogP contribution in [0.4, 0.5) is 0 Å². The van der Waals surface area contributed by atoms with Gasteiger partial charge in [0.25, 0.3) is 0 Å². The fourth-order valence-corrected chi connectivity index (χ4v) is 14.5. The van der Waals surface area contributed by atoms with Crippen LogP contribution >= 0.6 is 0 Å². The summed E-state index contributed by atoms with van der Waals surface area (Å²) in [6.45, 7) is 16.2. The Labute approximate surface area is 293 Å². The number of hydrogen-bond acceptors (Lipinski definition) is 2. The molecule has 2 saturated carbocycles. The van der Waals surface area contributed by atoms with Crippen LogP contribution in [-0.4, -0.2) is 29.8 Å². The molecule has 0 aliphatic heterocycles. The van der Waals surface area contributed by atoms with Crippen molar-refractivity contribution in [2.24, 2.45) is 29.1 Å². The Bertz CT molecular complexity index is 835. The van der Waals surface area contributed by atoms with E-state index >= 15 is 0 Å². The van der Waals surface area contributed by atoms with Crippen molar-refractivity contribution in [1.29, 1.82) is 0 Å². The summed E-state index contributed by atoms with van der Waals surface area (Å²) in [5.74, 6) is 2.89. The fraction of sp³-hybridized carbons (Fsp3) is 0.771. The van der Waals surface area contributed by atoms with Crippen molar-refractivity contribution in [2.75, 3.05) is 13.2 Å². The molecule has 2 nitrogen and oxygen atoms in total. The van der Waals surface area contributed by atoms with E-state index in [1.807, 2.05) is 0 Å². The van der Waals surface area contributed by atoms with Gasteiger partial charge in [-0.2, -0.15) is 0 Å². The largest absolute Gasteiger partial charge is 2.00 e. The van der Waals surface area contributed by atoms with Crippen LogP contribution in [0.15, 0.2) is 47.6 Å². The van der Waals surface area contributed by atoms with Gasteiger partial charge in [0.2, 0.25) is 0 Å². The van der Waals surface area contributed by atoms with Gasteiger partial charge in [-0.3, -0.25) is 0 Å². The van der Waals surface area contributed by atoms with Gasteiger partial charge in [0, 0.05) is 13.2 Å². The van der Waals surface area contributed by atoms with E-state index in [0.29, 0.717) is 11.8 Å². The molecular weight excluding hydrogens is 671 g/mol. The summed E-state index contributed by atoms with van der Waals surface area (Å²) < 4.78 is 14.1. The molecule has 4 aliphatic carbocycles. The van der Waals surface area contributed by atoms with E-state index in [2.05, 4.69) is 78.0 Å². The minimum Gasteiger partial charge on any atom is -1.00 e. The van der Waals surface area contributed by atoms with Gasteiger partial charge in [-0.25, -0.2) is 0 Å². The van der Waals surface area contributed by atoms with Gasteiger partial charge < -0.3 is 33.7 Å². The summed E-state index contributed by atoms with van der Waals surface area (Å²) in [7, 11) is -3.24. The second-order valence-electron chi connectivity index (χ2n) is 13.2. The van der Waals surface area contributed by atoms with Crippen molar-refractivity contribution in [3.8, 4) is 0 Å². The number of halogens is 2. The van der Waals surface area contributed by atoms with Gasteiger partial charge in [0.05, 0.1) is 0 Å². The van der Waals surface area contributed by atoms with E-state index in [4.69, 9.17) is 8.85 Å². The maximum absolute atomic E-state index is 7.07. The molecule has 0 saturated heterocycles. The van der Waals surface area contributed by atoms with Crippen LogP contribution in [0.1, 0.15) is 92.9 Å². The number of fused-ring (bicyclic) bond motifs is 2. The van der Waals surface area contributed by atoms with Crippen molar-refractivity contribution in [3.05, 3.63) is 47.6 Å². The predicted octanol–water partition coefficient (Wildman–Crippen LogP) is 4.63. The van der Waals surface area contributed by atoms with Crippen molar-refractivity contribution >= 4 is 16.6 Å². The maximum Gasteiger partial charge on any atom is 2.00 e. The first kappa shape index (κ1) is 40.8. The molecule has 0 aromatic carbocycles. The Morgan fingerprint density at radius 2 is 0.976 bits per heavy atom. The monoisotopic (exact) mass is 728 g/mol. The molecule has 0 amide bonds. The van der Waals surface area contributed by atoms with Crippen molar-refractivity contribution < 1.29 is 59.9 Å². The fourth-order valence-electron chi connectivity index (χ4n) is 9.16. The van der Waals surface area contributed by atoms with Crippen molar-refractivity contribution in [1.82, 2.24) is 0 Å². The third kappa shape index (κ3) is 8.57. The number of hydrogen-bond donors (Lipinski definition) is 0. The van der Waals surface area contributed by atoms with E-state index in [1.54, 1.807) is 11.1 Å². The van der Waals surface area contributed by atoms with Crippen LogP contribution in [0.5, 0.6) is 0 Å². The minimum atomic E-state index is -1.62. The van der Waals surface area contributed by atoms with Gasteiger partial charge in [-0.05, 0) is 117 Å². The summed E-state index contributed by atoms with van der Waals surface area (Å²) in [5, 5.41) is 0. The second kappa shape index (κ2) is 18.8. The Morgan fingerprint density at radius 3 is 1.31 bits per heavy atom. The maximum atomic E-state index is 7.07. The molecule has 7 heteroatoms. The second-order valence-corrected chi connectivity index (χ2v) is 22.8. The molecular formula is C35H60Cl2O2Si2Zr. The molecule has 0 bridgehead atoms. The molecule has 4 rings (SSSR count). The third-order valence-corrected chi connectivity index (χ3v) is 21.6. The summed E-state index contributed by atoms with van der Waals surface area (Å²) in [5.41, 5.74) is 3.81. The van der Waals surface area contributed by atoms with Gasteiger partial charge in [-0.15, -0.1) is 0 Å². The van der Waals surface area contributed by atoms with E-state index in [9.17, 15) is 0 Å². The Balaban J connectivity index is 0.00000294. The van der Waals surface area contributed by atoms with Gasteiger partial charge in [0.15, 0.2) is 16.6 Å². The van der Waals surface area contributed by atoms with Crippen LogP contribution in [-0.2, 0) is 35.1 Å². The first-order valence-electron chi connectivity index (χ1n) is 17.0. The molecule has 0 heterocycles. The molecule has 4 atom stereocenters. The van der Waals surface area contributed by atoms with Gasteiger partial charge in [0.1, 0.15) is 0 Å². The van der Waals surface area contributed by atoms with E-state index < -0.39 is 16.6 Å². The zero-order valence-corrected chi connectivity index (χ0v) is 33.6. The summed E-state index contributed by atoms with van der Waals surface area (Å²) >= 11 is 0. The first-order chi connectivity index (χ1) is 19.0. The molecule has 238 valence electrons. The third-order valence-electron chi connectivity index (χ3n) is 12.3. The molecule has 4 aliphatic rings. The van der Waals surface area contributed by atoms with Crippen molar-refractivity contribution in [3.63, 3.8) is 0 Å². The Morgan fingerprint density at radius 1 is 0.619 bits per heavy atom. The van der Waals surface area contributed by atoms with E-state index in [-0.39, 0.29) is 56.4 Å². The summed E-state index contributed by atoms with van der Waals surface area (Å²) in [6, 6.07) is 7.48.